The third kappa shape index (κ3) is 2.33. The van der Waals surface area contributed by atoms with Crippen LogP contribution in [0.2, 0.25) is 0 Å². The average molecular weight is 428 g/mol. The summed E-state index contributed by atoms with van der Waals surface area (Å²) in [6, 6.07) is 6.31. The summed E-state index contributed by atoms with van der Waals surface area (Å²) in [4.78, 5) is 20.0. The highest BCUT2D eigenvalue weighted by molar-refractivity contribution is 9.11. The molecular weight excluding hydrogens is 416 g/mol. The lowest BCUT2D eigenvalue weighted by molar-refractivity contribution is 0.913. The van der Waals surface area contributed by atoms with Crippen molar-refractivity contribution in [1.29, 1.82) is 0 Å². The van der Waals surface area contributed by atoms with Gasteiger partial charge in [0.2, 0.25) is 0 Å². The maximum Gasteiger partial charge on any atom is 0.323 e. The van der Waals surface area contributed by atoms with Crippen LogP contribution >= 0.6 is 43.2 Å². The summed E-state index contributed by atoms with van der Waals surface area (Å²) in [5.74, 6) is 0. The van der Waals surface area contributed by atoms with E-state index in [4.69, 9.17) is 0 Å². The first-order valence-corrected chi connectivity index (χ1v) is 9.31. The van der Waals surface area contributed by atoms with Crippen molar-refractivity contribution in [2.75, 3.05) is 0 Å². The quantitative estimate of drug-likeness (QED) is 0.574. The molecule has 3 aromatic rings. The van der Waals surface area contributed by atoms with Crippen molar-refractivity contribution in [3.05, 3.63) is 54.0 Å². The van der Waals surface area contributed by atoms with E-state index in [-0.39, 0.29) is 10.5 Å². The Kier molecular flexibility index (Phi) is 3.35. The molecule has 0 bridgehead atoms. The number of fused-ring (bicyclic) bond motifs is 2. The van der Waals surface area contributed by atoms with Gasteiger partial charge >= 0.3 is 5.69 Å². The van der Waals surface area contributed by atoms with E-state index < -0.39 is 0 Å². The van der Waals surface area contributed by atoms with Crippen LogP contribution in [0, 0.1) is 0 Å². The number of H-pyrrole nitrogens is 2. The molecule has 0 saturated carbocycles. The Hall–Kier alpha value is -0.850. The molecule has 4 rings (SSSR count). The number of benzene rings is 1. The van der Waals surface area contributed by atoms with E-state index in [1.165, 1.54) is 34.6 Å². The van der Waals surface area contributed by atoms with Gasteiger partial charge in [-0.25, -0.2) is 4.79 Å². The van der Waals surface area contributed by atoms with E-state index in [1.54, 1.807) is 0 Å². The Morgan fingerprint density at radius 2 is 1.90 bits per heavy atom. The Bertz CT molecular complexity index is 871. The van der Waals surface area contributed by atoms with Gasteiger partial charge in [0.15, 0.2) is 0 Å². The van der Waals surface area contributed by atoms with Gasteiger partial charge < -0.3 is 9.97 Å². The van der Waals surface area contributed by atoms with Gasteiger partial charge in [-0.05, 0) is 48.6 Å². The summed E-state index contributed by atoms with van der Waals surface area (Å²) in [7, 11) is 0. The fourth-order valence-corrected chi connectivity index (χ4v) is 5.82. The number of rotatable bonds is 2. The fourth-order valence-electron chi connectivity index (χ4n) is 2.90. The van der Waals surface area contributed by atoms with Crippen molar-refractivity contribution in [3.8, 4) is 0 Å². The molecule has 6 heteroatoms. The zero-order chi connectivity index (χ0) is 14.6. The lowest BCUT2D eigenvalue weighted by Gasteiger charge is -2.11. The molecule has 2 heterocycles. The molecule has 0 spiro atoms. The average Bonchev–Trinajstić information content (AvgIpc) is 3.09. The number of halogens is 2. The number of thiophene rings is 1. The van der Waals surface area contributed by atoms with Gasteiger partial charge in [0.1, 0.15) is 0 Å². The SMILES string of the molecule is O=c1[nH]c2cc(Br)c(C(Br)c3cc4c(s3)CCC4)cc2[nH]1. The van der Waals surface area contributed by atoms with Crippen LogP contribution in [0.4, 0.5) is 0 Å². The zero-order valence-corrected chi connectivity index (χ0v) is 15.0. The van der Waals surface area contributed by atoms with Crippen LogP contribution in [-0.4, -0.2) is 9.97 Å². The summed E-state index contributed by atoms with van der Waals surface area (Å²) in [5, 5.41) is 0. The highest BCUT2D eigenvalue weighted by atomic mass is 79.9. The lowest BCUT2D eigenvalue weighted by atomic mass is 10.1. The maximum atomic E-state index is 11.4. The van der Waals surface area contributed by atoms with E-state index in [9.17, 15) is 4.79 Å². The number of imidazole rings is 1. The summed E-state index contributed by atoms with van der Waals surface area (Å²) in [6.07, 6.45) is 3.70. The van der Waals surface area contributed by atoms with Gasteiger partial charge in [0.05, 0.1) is 15.9 Å². The van der Waals surface area contributed by atoms with E-state index in [2.05, 4.69) is 47.9 Å². The number of aryl methyl sites for hydroxylation is 2. The lowest BCUT2D eigenvalue weighted by Crippen LogP contribution is -1.99. The maximum absolute atomic E-state index is 11.4. The standard InChI is InChI=1S/C15H12Br2N2OS/c16-9-6-11-10(18-15(20)19-11)5-8(9)14(17)13-4-7-2-1-3-12(7)21-13/h4-6,14H,1-3H2,(H2,18,19,20). The van der Waals surface area contributed by atoms with Crippen molar-refractivity contribution in [2.24, 2.45) is 0 Å². The van der Waals surface area contributed by atoms with Gasteiger partial charge in [0, 0.05) is 14.2 Å². The number of hydrogen-bond donors (Lipinski definition) is 2. The van der Waals surface area contributed by atoms with Crippen LogP contribution in [0.1, 0.15) is 32.1 Å². The fraction of sp³-hybridized carbons (Fsp3) is 0.267. The van der Waals surface area contributed by atoms with Gasteiger partial charge in [-0.1, -0.05) is 31.9 Å². The first-order chi connectivity index (χ1) is 10.1. The van der Waals surface area contributed by atoms with E-state index in [1.807, 2.05) is 23.5 Å². The Balaban J connectivity index is 1.80. The molecule has 1 aliphatic rings. The number of aromatic nitrogens is 2. The van der Waals surface area contributed by atoms with E-state index in [0.29, 0.717) is 0 Å². The highest BCUT2D eigenvalue weighted by Gasteiger charge is 2.21. The molecule has 21 heavy (non-hydrogen) atoms. The number of hydrogen-bond acceptors (Lipinski definition) is 2. The molecule has 1 aromatic carbocycles. The number of alkyl halides is 1. The van der Waals surface area contributed by atoms with Crippen molar-refractivity contribution < 1.29 is 0 Å². The van der Waals surface area contributed by atoms with Gasteiger partial charge in [-0.15, -0.1) is 11.3 Å². The summed E-state index contributed by atoms with van der Waals surface area (Å²) in [5.41, 5.74) is 4.13. The minimum atomic E-state index is -0.171. The first-order valence-electron chi connectivity index (χ1n) is 6.79. The summed E-state index contributed by atoms with van der Waals surface area (Å²) in [6.45, 7) is 0. The third-order valence-corrected chi connectivity index (χ3v) is 7.20. The molecule has 1 aliphatic carbocycles. The minimum Gasteiger partial charge on any atom is -0.306 e. The minimum absolute atomic E-state index is 0.144. The second kappa shape index (κ2) is 5.11. The molecule has 2 N–H and O–H groups in total. The van der Waals surface area contributed by atoms with Crippen LogP contribution in [0.25, 0.3) is 11.0 Å². The zero-order valence-electron chi connectivity index (χ0n) is 11.0. The smallest absolute Gasteiger partial charge is 0.306 e. The molecule has 1 unspecified atom stereocenters. The topological polar surface area (TPSA) is 48.6 Å². The molecule has 0 fully saturated rings. The van der Waals surface area contributed by atoms with Gasteiger partial charge in [-0.2, -0.15) is 0 Å². The number of aromatic amines is 2. The van der Waals surface area contributed by atoms with Crippen LogP contribution in [0.15, 0.2) is 27.5 Å². The summed E-state index contributed by atoms with van der Waals surface area (Å²) >= 11 is 9.33. The van der Waals surface area contributed by atoms with Crippen LogP contribution in [0.3, 0.4) is 0 Å². The Morgan fingerprint density at radius 1 is 1.14 bits per heavy atom. The number of nitrogens with one attached hydrogen (secondary N) is 2. The first kappa shape index (κ1) is 13.8. The van der Waals surface area contributed by atoms with E-state index in [0.717, 1.165) is 21.1 Å². The third-order valence-electron chi connectivity index (χ3n) is 3.92. The van der Waals surface area contributed by atoms with Crippen molar-refractivity contribution in [1.82, 2.24) is 9.97 Å². The Morgan fingerprint density at radius 3 is 2.67 bits per heavy atom. The van der Waals surface area contributed by atoms with E-state index >= 15 is 0 Å². The second-order valence-corrected chi connectivity index (χ2v) is 8.25. The molecule has 0 saturated heterocycles. The van der Waals surface area contributed by atoms with Crippen molar-refractivity contribution in [2.45, 2.75) is 24.1 Å². The molecule has 0 aliphatic heterocycles. The molecule has 1 atom stereocenters. The molecule has 0 amide bonds. The Labute approximate surface area is 142 Å². The molecular formula is C15H12Br2N2OS. The van der Waals surface area contributed by atoms with Crippen LogP contribution in [-0.2, 0) is 12.8 Å². The molecule has 3 nitrogen and oxygen atoms in total. The molecule has 108 valence electrons. The predicted molar refractivity (Wildman–Crippen MR) is 93.7 cm³/mol. The molecule has 0 radical (unpaired) electrons. The predicted octanol–water partition coefficient (Wildman–Crippen LogP) is 4.65. The van der Waals surface area contributed by atoms with Crippen LogP contribution in [0.5, 0.6) is 0 Å². The highest BCUT2D eigenvalue weighted by Crippen LogP contribution is 2.42. The van der Waals surface area contributed by atoms with Crippen LogP contribution < -0.4 is 5.69 Å². The largest absolute Gasteiger partial charge is 0.323 e. The molecule has 2 aromatic heterocycles. The van der Waals surface area contributed by atoms with Crippen molar-refractivity contribution in [3.63, 3.8) is 0 Å². The normalized spacial score (nSPS) is 15.5. The van der Waals surface area contributed by atoms with Gasteiger partial charge in [0.25, 0.3) is 0 Å². The monoisotopic (exact) mass is 426 g/mol. The summed E-state index contributed by atoms with van der Waals surface area (Å²) < 4.78 is 1.00. The van der Waals surface area contributed by atoms with Gasteiger partial charge in [-0.3, -0.25) is 0 Å². The van der Waals surface area contributed by atoms with Crippen molar-refractivity contribution >= 4 is 54.2 Å². The second-order valence-electron chi connectivity index (χ2n) is 5.31.